The summed E-state index contributed by atoms with van der Waals surface area (Å²) < 4.78 is 57.4. The van der Waals surface area contributed by atoms with E-state index in [0.29, 0.717) is 0 Å². The monoisotopic (exact) mass is 502 g/mol. The molecule has 0 N–H and O–H groups in total. The fourth-order valence-corrected chi connectivity index (χ4v) is 3.70. The number of alkyl halides is 3. The molecule has 4 aromatic carbocycles. The van der Waals surface area contributed by atoms with Crippen molar-refractivity contribution in [3.63, 3.8) is 0 Å². The summed E-state index contributed by atoms with van der Waals surface area (Å²) in [6, 6.07) is 27.3. The van der Waals surface area contributed by atoms with Gasteiger partial charge in [-0.05, 0) is 47.5 Å². The zero-order chi connectivity index (χ0) is 26.0. The third-order valence-corrected chi connectivity index (χ3v) is 5.48. The van der Waals surface area contributed by atoms with E-state index < -0.39 is 34.7 Å². The maximum atomic E-state index is 13.9. The van der Waals surface area contributed by atoms with Gasteiger partial charge in [0.05, 0.1) is 10.9 Å². The Hall–Kier alpha value is -4.85. The van der Waals surface area contributed by atoms with Crippen LogP contribution in [-0.4, -0.2) is 5.97 Å². The molecule has 37 heavy (non-hydrogen) atoms. The van der Waals surface area contributed by atoms with E-state index in [0.717, 1.165) is 17.2 Å². The fourth-order valence-electron chi connectivity index (χ4n) is 3.70. The maximum absolute atomic E-state index is 13.9. The zero-order valence-corrected chi connectivity index (χ0v) is 19.0. The summed E-state index contributed by atoms with van der Waals surface area (Å²) in [5.41, 5.74) is 0.581. The Balaban J connectivity index is 1.49. The van der Waals surface area contributed by atoms with Crippen molar-refractivity contribution in [2.75, 3.05) is 0 Å². The van der Waals surface area contributed by atoms with Gasteiger partial charge in [0.2, 0.25) is 11.2 Å². The smallest absolute Gasteiger partial charge is 0.449 e. The van der Waals surface area contributed by atoms with Crippen LogP contribution in [0.2, 0.25) is 0 Å². The standard InChI is InChI=1S/C29H17F3O5/c30-29(31,32)27-26(35-21-13-11-19(12-14-21)18-7-3-1-4-8-18)25(33)23-16-15-22(17-24(23)37-27)36-28(34)20-9-5-2-6-10-20/h1-17H. The van der Waals surface area contributed by atoms with Gasteiger partial charge in [0.25, 0.3) is 5.76 Å². The first-order chi connectivity index (χ1) is 17.8. The number of carbonyl (C=O) groups excluding carboxylic acids is 1. The van der Waals surface area contributed by atoms with E-state index in [9.17, 15) is 22.8 Å². The van der Waals surface area contributed by atoms with Gasteiger partial charge in [0.1, 0.15) is 17.1 Å². The van der Waals surface area contributed by atoms with Crippen LogP contribution in [0.15, 0.2) is 112 Å². The van der Waals surface area contributed by atoms with Crippen molar-refractivity contribution in [1.29, 1.82) is 0 Å². The first-order valence-electron chi connectivity index (χ1n) is 11.1. The van der Waals surface area contributed by atoms with Crippen LogP contribution >= 0.6 is 0 Å². The molecule has 1 aromatic heterocycles. The largest absolute Gasteiger partial charge is 0.453 e. The van der Waals surface area contributed by atoms with E-state index in [1.54, 1.807) is 30.3 Å². The van der Waals surface area contributed by atoms with Gasteiger partial charge < -0.3 is 13.9 Å². The molecule has 0 radical (unpaired) electrons. The van der Waals surface area contributed by atoms with Crippen LogP contribution in [-0.2, 0) is 6.18 Å². The molecule has 0 spiro atoms. The number of carbonyl (C=O) groups is 1. The van der Waals surface area contributed by atoms with Crippen LogP contribution in [0.25, 0.3) is 22.1 Å². The number of ether oxygens (including phenoxy) is 2. The van der Waals surface area contributed by atoms with E-state index in [-0.39, 0.29) is 22.4 Å². The quantitative estimate of drug-likeness (QED) is 0.184. The van der Waals surface area contributed by atoms with Gasteiger partial charge in [-0.1, -0.05) is 60.7 Å². The number of hydrogen-bond acceptors (Lipinski definition) is 5. The minimum atomic E-state index is -5.02. The molecule has 0 amide bonds. The predicted octanol–water partition coefficient (Wildman–Crippen LogP) is 7.49. The van der Waals surface area contributed by atoms with Crippen LogP contribution in [0.4, 0.5) is 13.2 Å². The predicted molar refractivity (Wildman–Crippen MR) is 131 cm³/mol. The van der Waals surface area contributed by atoms with Crippen molar-refractivity contribution < 1.29 is 31.9 Å². The van der Waals surface area contributed by atoms with Crippen LogP contribution in [0.3, 0.4) is 0 Å². The second kappa shape index (κ2) is 9.66. The molecule has 0 saturated carbocycles. The Bertz CT molecular complexity index is 1620. The molecular weight excluding hydrogens is 485 g/mol. The number of hydrogen-bond donors (Lipinski definition) is 0. The summed E-state index contributed by atoms with van der Waals surface area (Å²) in [6.45, 7) is 0. The lowest BCUT2D eigenvalue weighted by molar-refractivity contribution is -0.154. The Morgan fingerprint density at radius 2 is 1.32 bits per heavy atom. The fraction of sp³-hybridized carbons (Fsp3) is 0.0345. The minimum Gasteiger partial charge on any atom is -0.449 e. The van der Waals surface area contributed by atoms with E-state index in [2.05, 4.69) is 0 Å². The minimum absolute atomic E-state index is 0.0326. The van der Waals surface area contributed by atoms with Crippen molar-refractivity contribution in [1.82, 2.24) is 0 Å². The van der Waals surface area contributed by atoms with Crippen molar-refractivity contribution in [3.8, 4) is 28.4 Å². The molecule has 0 fully saturated rings. The highest BCUT2D eigenvalue weighted by Gasteiger charge is 2.40. The van der Waals surface area contributed by atoms with Crippen LogP contribution in [0, 0.1) is 0 Å². The highest BCUT2D eigenvalue weighted by Crippen LogP contribution is 2.39. The molecule has 0 bridgehead atoms. The SMILES string of the molecule is O=C(Oc1ccc2c(=O)c(Oc3ccc(-c4ccccc4)cc3)c(C(F)(F)F)oc2c1)c1ccccc1. The number of benzene rings is 4. The van der Waals surface area contributed by atoms with E-state index in [1.165, 1.54) is 36.4 Å². The summed E-state index contributed by atoms with van der Waals surface area (Å²) >= 11 is 0. The molecule has 0 saturated heterocycles. The first kappa shape index (κ1) is 23.9. The van der Waals surface area contributed by atoms with Gasteiger partial charge in [-0.2, -0.15) is 13.2 Å². The zero-order valence-electron chi connectivity index (χ0n) is 19.0. The third kappa shape index (κ3) is 5.08. The second-order valence-electron chi connectivity index (χ2n) is 7.99. The summed E-state index contributed by atoms with van der Waals surface area (Å²) in [7, 11) is 0. The van der Waals surface area contributed by atoms with E-state index in [4.69, 9.17) is 13.9 Å². The Kier molecular flexibility index (Phi) is 6.23. The van der Waals surface area contributed by atoms with Gasteiger partial charge in [-0.25, -0.2) is 4.79 Å². The number of esters is 1. The Morgan fingerprint density at radius 1 is 0.730 bits per heavy atom. The molecular formula is C29H17F3O5. The van der Waals surface area contributed by atoms with Crippen LogP contribution in [0.5, 0.6) is 17.2 Å². The highest BCUT2D eigenvalue weighted by molar-refractivity contribution is 5.91. The molecule has 0 aliphatic heterocycles. The Morgan fingerprint density at radius 3 is 1.97 bits per heavy atom. The lowest BCUT2D eigenvalue weighted by Gasteiger charge is -2.14. The van der Waals surface area contributed by atoms with E-state index in [1.807, 2.05) is 30.3 Å². The molecule has 5 aromatic rings. The molecule has 0 unspecified atom stereocenters. The van der Waals surface area contributed by atoms with Crippen molar-refractivity contribution in [3.05, 3.63) is 125 Å². The molecule has 184 valence electrons. The third-order valence-electron chi connectivity index (χ3n) is 5.48. The highest BCUT2D eigenvalue weighted by atomic mass is 19.4. The van der Waals surface area contributed by atoms with Crippen LogP contribution < -0.4 is 14.9 Å². The number of halogens is 3. The second-order valence-corrected chi connectivity index (χ2v) is 7.99. The summed E-state index contributed by atoms with van der Waals surface area (Å²) in [4.78, 5) is 25.4. The maximum Gasteiger partial charge on any atom is 0.453 e. The van der Waals surface area contributed by atoms with E-state index >= 15 is 0 Å². The molecule has 1 heterocycles. The molecule has 5 nitrogen and oxygen atoms in total. The van der Waals surface area contributed by atoms with Gasteiger partial charge in [-0.3, -0.25) is 4.79 Å². The van der Waals surface area contributed by atoms with Crippen molar-refractivity contribution >= 4 is 16.9 Å². The van der Waals surface area contributed by atoms with Crippen LogP contribution in [0.1, 0.15) is 16.1 Å². The van der Waals surface area contributed by atoms with Gasteiger partial charge >= 0.3 is 12.1 Å². The van der Waals surface area contributed by atoms with Gasteiger partial charge in [0, 0.05) is 6.07 Å². The van der Waals surface area contributed by atoms with Gasteiger partial charge in [-0.15, -0.1) is 0 Å². The molecule has 0 atom stereocenters. The number of fused-ring (bicyclic) bond motifs is 1. The topological polar surface area (TPSA) is 65.7 Å². The lowest BCUT2D eigenvalue weighted by atomic mass is 10.1. The number of rotatable bonds is 5. The molecule has 0 aliphatic rings. The Labute approximate surface area is 208 Å². The normalized spacial score (nSPS) is 11.3. The van der Waals surface area contributed by atoms with Crippen molar-refractivity contribution in [2.45, 2.75) is 6.18 Å². The average molecular weight is 502 g/mol. The summed E-state index contributed by atoms with van der Waals surface area (Å²) in [5, 5.41) is -0.164. The first-order valence-corrected chi connectivity index (χ1v) is 11.1. The summed E-state index contributed by atoms with van der Waals surface area (Å²) in [5.74, 6) is -3.34. The molecule has 0 aliphatic carbocycles. The molecule has 8 heteroatoms. The summed E-state index contributed by atoms with van der Waals surface area (Å²) in [6.07, 6.45) is -5.02. The average Bonchev–Trinajstić information content (AvgIpc) is 2.91. The molecule has 5 rings (SSSR count). The van der Waals surface area contributed by atoms with Gasteiger partial charge in [0.15, 0.2) is 0 Å². The lowest BCUT2D eigenvalue weighted by Crippen LogP contribution is -2.15. The van der Waals surface area contributed by atoms with Crippen molar-refractivity contribution in [2.24, 2.45) is 0 Å².